The van der Waals surface area contributed by atoms with Crippen LogP contribution >= 0.6 is 0 Å². The summed E-state index contributed by atoms with van der Waals surface area (Å²) in [5.41, 5.74) is 0.424. The minimum absolute atomic E-state index is 0.0520. The highest BCUT2D eigenvalue weighted by Crippen LogP contribution is 2.33. The van der Waals surface area contributed by atoms with Gasteiger partial charge in [-0.1, -0.05) is 6.07 Å². The third-order valence-corrected chi connectivity index (χ3v) is 3.87. The number of alkyl halides is 3. The van der Waals surface area contributed by atoms with E-state index >= 15 is 0 Å². The summed E-state index contributed by atoms with van der Waals surface area (Å²) >= 11 is 0. The van der Waals surface area contributed by atoms with Gasteiger partial charge in [-0.15, -0.1) is 0 Å². The SMILES string of the molecule is Cc1cc(-c2nccc(/C(C#N)=N/c3cccc(C(F)(F)F)c3)c2O)ccn1. The minimum Gasteiger partial charge on any atom is -0.505 e. The van der Waals surface area contributed by atoms with Crippen LogP contribution in [0.1, 0.15) is 16.8 Å². The van der Waals surface area contributed by atoms with Crippen LogP contribution in [0.3, 0.4) is 0 Å². The van der Waals surface area contributed by atoms with Crippen molar-refractivity contribution in [1.29, 1.82) is 5.26 Å². The maximum atomic E-state index is 12.9. The summed E-state index contributed by atoms with van der Waals surface area (Å²) in [5.74, 6) is -0.291. The molecule has 0 unspecified atom stereocenters. The number of benzene rings is 1. The second-order valence-corrected chi connectivity index (χ2v) is 5.86. The molecule has 28 heavy (non-hydrogen) atoms. The number of aromatic hydroxyl groups is 1. The molecular weight excluding hydrogens is 369 g/mol. The van der Waals surface area contributed by atoms with E-state index in [1.807, 2.05) is 6.07 Å². The number of hydrogen-bond donors (Lipinski definition) is 1. The molecule has 5 nitrogen and oxygen atoms in total. The van der Waals surface area contributed by atoms with Gasteiger partial charge in [0.1, 0.15) is 11.8 Å². The molecule has 3 rings (SSSR count). The molecule has 0 amide bonds. The Morgan fingerprint density at radius 1 is 1.11 bits per heavy atom. The number of pyridine rings is 2. The quantitative estimate of drug-likeness (QED) is 0.659. The molecule has 0 saturated heterocycles. The number of halogens is 3. The van der Waals surface area contributed by atoms with Gasteiger partial charge < -0.3 is 5.11 Å². The molecule has 1 N–H and O–H groups in total. The van der Waals surface area contributed by atoms with Crippen LogP contribution in [-0.4, -0.2) is 20.8 Å². The highest BCUT2D eigenvalue weighted by atomic mass is 19.4. The monoisotopic (exact) mass is 382 g/mol. The Hall–Kier alpha value is -3.73. The Balaban J connectivity index is 2.08. The molecule has 0 spiro atoms. The van der Waals surface area contributed by atoms with Crippen LogP contribution in [0, 0.1) is 18.3 Å². The number of nitriles is 1. The molecule has 2 heterocycles. The number of rotatable bonds is 3. The fourth-order valence-corrected chi connectivity index (χ4v) is 2.58. The van der Waals surface area contributed by atoms with Gasteiger partial charge in [-0.25, -0.2) is 4.99 Å². The van der Waals surface area contributed by atoms with Crippen molar-refractivity contribution in [3.05, 3.63) is 71.7 Å². The topological polar surface area (TPSA) is 82.2 Å². The van der Waals surface area contributed by atoms with Crippen molar-refractivity contribution in [3.8, 4) is 23.1 Å². The molecular formula is C20H13F3N4O. The zero-order chi connectivity index (χ0) is 20.3. The van der Waals surface area contributed by atoms with Gasteiger partial charge in [0.15, 0.2) is 11.5 Å². The predicted molar refractivity (Wildman–Crippen MR) is 97.1 cm³/mol. The molecule has 0 bridgehead atoms. The number of aliphatic imine (C=N–C) groups is 1. The van der Waals surface area contributed by atoms with Crippen LogP contribution in [0.15, 0.2) is 59.9 Å². The van der Waals surface area contributed by atoms with Crippen LogP contribution in [0.5, 0.6) is 5.75 Å². The van der Waals surface area contributed by atoms with Crippen molar-refractivity contribution in [2.24, 2.45) is 4.99 Å². The molecule has 0 aliphatic heterocycles. The summed E-state index contributed by atoms with van der Waals surface area (Å²) in [4.78, 5) is 12.2. The van der Waals surface area contributed by atoms with E-state index in [9.17, 15) is 23.5 Å². The van der Waals surface area contributed by atoms with E-state index in [0.717, 1.165) is 12.1 Å². The first-order valence-electron chi connectivity index (χ1n) is 8.07. The Bertz CT molecular complexity index is 1100. The molecule has 140 valence electrons. The van der Waals surface area contributed by atoms with E-state index < -0.39 is 11.7 Å². The maximum absolute atomic E-state index is 12.9. The third kappa shape index (κ3) is 3.99. The summed E-state index contributed by atoms with van der Waals surface area (Å²) < 4.78 is 38.6. The first-order chi connectivity index (χ1) is 13.3. The summed E-state index contributed by atoms with van der Waals surface area (Å²) in [6, 6.07) is 10.9. The van der Waals surface area contributed by atoms with Gasteiger partial charge in [-0.2, -0.15) is 18.4 Å². The second-order valence-electron chi connectivity index (χ2n) is 5.86. The van der Waals surface area contributed by atoms with E-state index in [0.29, 0.717) is 11.3 Å². The summed E-state index contributed by atoms with van der Waals surface area (Å²) in [7, 11) is 0. The Labute approximate surface area is 158 Å². The van der Waals surface area contributed by atoms with Crippen LogP contribution in [0.4, 0.5) is 18.9 Å². The average Bonchev–Trinajstić information content (AvgIpc) is 2.66. The summed E-state index contributed by atoms with van der Waals surface area (Å²) in [6.45, 7) is 1.78. The molecule has 0 aliphatic rings. The third-order valence-electron chi connectivity index (χ3n) is 3.87. The van der Waals surface area contributed by atoms with Crippen molar-refractivity contribution >= 4 is 11.4 Å². The fraction of sp³-hybridized carbons (Fsp3) is 0.100. The smallest absolute Gasteiger partial charge is 0.416 e. The first kappa shape index (κ1) is 19.0. The molecule has 3 aromatic rings. The molecule has 0 radical (unpaired) electrons. The van der Waals surface area contributed by atoms with Crippen LogP contribution in [0.2, 0.25) is 0 Å². The maximum Gasteiger partial charge on any atom is 0.416 e. The van der Waals surface area contributed by atoms with E-state index in [1.54, 1.807) is 25.3 Å². The lowest BCUT2D eigenvalue weighted by Crippen LogP contribution is -2.04. The molecule has 2 aromatic heterocycles. The van der Waals surface area contributed by atoms with Crippen molar-refractivity contribution in [2.45, 2.75) is 13.1 Å². The van der Waals surface area contributed by atoms with Gasteiger partial charge in [0.2, 0.25) is 0 Å². The van der Waals surface area contributed by atoms with Gasteiger partial charge in [0.25, 0.3) is 0 Å². The molecule has 0 saturated carbocycles. The molecule has 0 aliphatic carbocycles. The lowest BCUT2D eigenvalue weighted by atomic mass is 10.0. The number of aromatic nitrogens is 2. The average molecular weight is 382 g/mol. The van der Waals surface area contributed by atoms with E-state index in [2.05, 4.69) is 15.0 Å². The lowest BCUT2D eigenvalue weighted by molar-refractivity contribution is -0.137. The van der Waals surface area contributed by atoms with E-state index in [4.69, 9.17) is 0 Å². The van der Waals surface area contributed by atoms with Crippen LogP contribution in [-0.2, 0) is 6.18 Å². The predicted octanol–water partition coefficient (Wildman–Crippen LogP) is 4.82. The molecule has 1 aromatic carbocycles. The van der Waals surface area contributed by atoms with Crippen molar-refractivity contribution in [2.75, 3.05) is 0 Å². The van der Waals surface area contributed by atoms with Gasteiger partial charge in [-0.3, -0.25) is 9.97 Å². The Morgan fingerprint density at radius 3 is 2.54 bits per heavy atom. The Morgan fingerprint density at radius 2 is 1.86 bits per heavy atom. The van der Waals surface area contributed by atoms with Gasteiger partial charge in [0.05, 0.1) is 16.8 Å². The van der Waals surface area contributed by atoms with Crippen LogP contribution in [0.25, 0.3) is 11.3 Å². The second kappa shape index (κ2) is 7.48. The molecule has 8 heteroatoms. The minimum atomic E-state index is -4.52. The van der Waals surface area contributed by atoms with E-state index in [1.165, 1.54) is 24.4 Å². The van der Waals surface area contributed by atoms with Crippen molar-refractivity contribution < 1.29 is 18.3 Å². The Kier molecular flexibility index (Phi) is 5.09. The fourth-order valence-electron chi connectivity index (χ4n) is 2.58. The normalized spacial score (nSPS) is 11.9. The van der Waals surface area contributed by atoms with Gasteiger partial charge in [-0.05, 0) is 43.3 Å². The zero-order valence-electron chi connectivity index (χ0n) is 14.6. The highest BCUT2D eigenvalue weighted by Gasteiger charge is 2.30. The first-order valence-corrected chi connectivity index (χ1v) is 8.07. The molecule has 0 atom stereocenters. The standard InChI is InChI=1S/C20H13F3N4O/c1-12-9-13(5-7-25-12)18-19(28)16(6-8-26-18)17(11-24)27-15-4-2-3-14(10-15)20(21,22)23/h2-10,28H,1H3/b27-17+. The van der Waals surface area contributed by atoms with Gasteiger partial charge in [0, 0.05) is 23.7 Å². The van der Waals surface area contributed by atoms with Crippen molar-refractivity contribution in [3.63, 3.8) is 0 Å². The van der Waals surface area contributed by atoms with E-state index in [-0.39, 0.29) is 28.4 Å². The number of nitrogens with zero attached hydrogens (tertiary/aromatic N) is 4. The van der Waals surface area contributed by atoms with Crippen LogP contribution < -0.4 is 0 Å². The summed E-state index contributed by atoms with van der Waals surface area (Å²) in [5, 5.41) is 20.1. The highest BCUT2D eigenvalue weighted by molar-refractivity contribution is 6.15. The number of hydrogen-bond acceptors (Lipinski definition) is 5. The lowest BCUT2D eigenvalue weighted by Gasteiger charge is -2.09. The summed E-state index contributed by atoms with van der Waals surface area (Å²) in [6.07, 6.45) is -1.58. The largest absolute Gasteiger partial charge is 0.505 e. The van der Waals surface area contributed by atoms with Gasteiger partial charge >= 0.3 is 6.18 Å². The number of aryl methyl sites for hydroxylation is 1. The van der Waals surface area contributed by atoms with Crippen molar-refractivity contribution in [1.82, 2.24) is 9.97 Å². The molecule has 0 fully saturated rings. The zero-order valence-corrected chi connectivity index (χ0v) is 14.6.